The molecule has 0 saturated carbocycles. The Morgan fingerprint density at radius 2 is 2.00 bits per heavy atom. The van der Waals surface area contributed by atoms with Gasteiger partial charge in [0, 0.05) is 31.3 Å². The summed E-state index contributed by atoms with van der Waals surface area (Å²) in [5.74, 6) is 4.11. The lowest BCUT2D eigenvalue weighted by Gasteiger charge is -2.26. The number of para-hydroxylation sites is 1. The van der Waals surface area contributed by atoms with Gasteiger partial charge in [-0.2, -0.15) is 0 Å². The normalized spacial score (nSPS) is 15.7. The van der Waals surface area contributed by atoms with E-state index in [1.54, 1.807) is 13.2 Å². The van der Waals surface area contributed by atoms with Gasteiger partial charge < -0.3 is 23.4 Å². The molecular weight excluding hydrogens is 420 g/mol. The molecule has 2 aliphatic heterocycles. The molecule has 0 saturated heterocycles. The van der Waals surface area contributed by atoms with Crippen LogP contribution in [0.4, 0.5) is 0 Å². The highest BCUT2D eigenvalue weighted by atomic mass is 35.5. The van der Waals surface area contributed by atoms with E-state index in [2.05, 4.69) is 11.0 Å². The molecule has 3 aromatic rings. The summed E-state index contributed by atoms with van der Waals surface area (Å²) < 4.78 is 28.3. The van der Waals surface area contributed by atoms with Crippen LogP contribution in [-0.2, 0) is 13.1 Å². The number of benzene rings is 2. The van der Waals surface area contributed by atoms with Crippen molar-refractivity contribution in [2.75, 3.05) is 27.1 Å². The van der Waals surface area contributed by atoms with Gasteiger partial charge in [0.25, 0.3) is 0 Å². The van der Waals surface area contributed by atoms with Gasteiger partial charge in [-0.25, -0.2) is 4.98 Å². The Morgan fingerprint density at radius 1 is 1.16 bits per heavy atom. The molecule has 3 heterocycles. The molecule has 1 aromatic heterocycles. The number of methoxy groups -OCH3 is 1. The maximum Gasteiger partial charge on any atom is 0.231 e. The summed E-state index contributed by atoms with van der Waals surface area (Å²) in [6, 6.07) is 9.54. The summed E-state index contributed by atoms with van der Waals surface area (Å²) in [4.78, 5) is 7.10. The Kier molecular flexibility index (Phi) is 5.38. The fraction of sp³-hybridized carbons (Fsp3) is 0.348. The van der Waals surface area contributed by atoms with E-state index in [0.717, 1.165) is 48.0 Å². The Hall–Kier alpha value is -2.90. The number of oxazole rings is 1. The second-order valence-corrected chi connectivity index (χ2v) is 7.98. The van der Waals surface area contributed by atoms with Gasteiger partial charge in [-0.3, -0.25) is 4.90 Å². The number of aromatic nitrogens is 1. The third-order valence-corrected chi connectivity index (χ3v) is 5.81. The van der Waals surface area contributed by atoms with Crippen LogP contribution in [0.25, 0.3) is 11.5 Å². The van der Waals surface area contributed by atoms with Crippen LogP contribution in [0.3, 0.4) is 0 Å². The average Bonchev–Trinajstić information content (AvgIpc) is 3.34. The lowest BCUT2D eigenvalue weighted by Crippen LogP contribution is -2.28. The molecule has 5 rings (SSSR count). The maximum absolute atomic E-state index is 6.45. The number of nitrogens with zero attached hydrogens (tertiary/aromatic N) is 2. The van der Waals surface area contributed by atoms with Crippen molar-refractivity contribution in [2.24, 2.45) is 0 Å². The fourth-order valence-corrected chi connectivity index (χ4v) is 4.14. The predicted octanol–water partition coefficient (Wildman–Crippen LogP) is 4.83. The highest BCUT2D eigenvalue weighted by molar-refractivity contribution is 6.33. The lowest BCUT2D eigenvalue weighted by atomic mass is 10.1. The van der Waals surface area contributed by atoms with Gasteiger partial charge >= 0.3 is 0 Å². The molecule has 0 amide bonds. The van der Waals surface area contributed by atoms with Crippen LogP contribution in [0.1, 0.15) is 23.4 Å². The van der Waals surface area contributed by atoms with Gasteiger partial charge in [0.2, 0.25) is 12.7 Å². The molecule has 31 heavy (non-hydrogen) atoms. The van der Waals surface area contributed by atoms with E-state index >= 15 is 0 Å². The van der Waals surface area contributed by atoms with Crippen molar-refractivity contribution in [1.29, 1.82) is 0 Å². The third-order valence-electron chi connectivity index (χ3n) is 5.50. The van der Waals surface area contributed by atoms with E-state index < -0.39 is 0 Å². The molecule has 0 fully saturated rings. The minimum Gasteiger partial charge on any atom is -0.493 e. The first-order chi connectivity index (χ1) is 15.1. The zero-order valence-corrected chi connectivity index (χ0v) is 18.2. The van der Waals surface area contributed by atoms with E-state index in [1.165, 1.54) is 0 Å². The highest BCUT2D eigenvalue weighted by Gasteiger charge is 2.23. The van der Waals surface area contributed by atoms with E-state index in [-0.39, 0.29) is 6.79 Å². The zero-order chi connectivity index (χ0) is 21.4. The van der Waals surface area contributed by atoms with Crippen LogP contribution < -0.4 is 18.9 Å². The Balaban J connectivity index is 1.40. The number of halogens is 1. The molecule has 0 bridgehead atoms. The van der Waals surface area contributed by atoms with Crippen LogP contribution >= 0.6 is 11.6 Å². The van der Waals surface area contributed by atoms with Crippen LogP contribution in [0, 0.1) is 6.92 Å². The smallest absolute Gasteiger partial charge is 0.231 e. The molecule has 0 aliphatic carbocycles. The van der Waals surface area contributed by atoms with E-state index in [1.807, 2.05) is 25.1 Å². The first-order valence-electron chi connectivity index (χ1n) is 10.2. The molecule has 7 nitrogen and oxygen atoms in total. The monoisotopic (exact) mass is 442 g/mol. The van der Waals surface area contributed by atoms with E-state index in [9.17, 15) is 0 Å². The van der Waals surface area contributed by atoms with Crippen molar-refractivity contribution in [1.82, 2.24) is 9.88 Å². The fourth-order valence-electron chi connectivity index (χ4n) is 3.91. The Bertz CT molecular complexity index is 1110. The predicted molar refractivity (Wildman–Crippen MR) is 115 cm³/mol. The molecule has 162 valence electrons. The first-order valence-corrected chi connectivity index (χ1v) is 10.6. The van der Waals surface area contributed by atoms with Crippen LogP contribution in [0.5, 0.6) is 23.0 Å². The van der Waals surface area contributed by atoms with Gasteiger partial charge in [0.15, 0.2) is 23.0 Å². The van der Waals surface area contributed by atoms with Crippen LogP contribution in [0.15, 0.2) is 34.7 Å². The van der Waals surface area contributed by atoms with E-state index in [4.69, 9.17) is 39.9 Å². The second kappa shape index (κ2) is 8.32. The van der Waals surface area contributed by atoms with Crippen molar-refractivity contribution in [3.8, 4) is 34.5 Å². The van der Waals surface area contributed by atoms with E-state index in [0.29, 0.717) is 41.1 Å². The molecule has 0 radical (unpaired) electrons. The molecule has 2 aromatic carbocycles. The number of rotatable bonds is 4. The minimum absolute atomic E-state index is 0.190. The molecule has 0 unspecified atom stereocenters. The van der Waals surface area contributed by atoms with Gasteiger partial charge in [0.05, 0.1) is 30.0 Å². The maximum atomic E-state index is 6.45. The lowest BCUT2D eigenvalue weighted by molar-refractivity contribution is 0.174. The van der Waals surface area contributed by atoms with Crippen molar-refractivity contribution < 1.29 is 23.4 Å². The molecule has 0 spiro atoms. The largest absolute Gasteiger partial charge is 0.493 e. The molecule has 0 N–H and O–H groups in total. The van der Waals surface area contributed by atoms with Crippen molar-refractivity contribution in [2.45, 2.75) is 26.4 Å². The van der Waals surface area contributed by atoms with Crippen molar-refractivity contribution in [3.05, 3.63) is 52.4 Å². The minimum atomic E-state index is 0.190. The van der Waals surface area contributed by atoms with Gasteiger partial charge in [0.1, 0.15) is 5.76 Å². The SMILES string of the molecule is COc1cccc2c1OCCCN(Cc1nc(-c3cc4c(cc3Cl)OCO4)oc1C)C2. The van der Waals surface area contributed by atoms with Crippen molar-refractivity contribution >= 4 is 11.6 Å². The molecular formula is C23H23ClN2O5. The quantitative estimate of drug-likeness (QED) is 0.573. The molecule has 8 heteroatoms. The Labute approximate surface area is 185 Å². The Morgan fingerprint density at radius 3 is 2.84 bits per heavy atom. The number of aryl methyl sites for hydroxylation is 1. The summed E-state index contributed by atoms with van der Waals surface area (Å²) in [7, 11) is 1.66. The van der Waals surface area contributed by atoms with Gasteiger partial charge in [-0.1, -0.05) is 23.7 Å². The summed E-state index contributed by atoms with van der Waals surface area (Å²) in [5, 5.41) is 0.515. The second-order valence-electron chi connectivity index (χ2n) is 7.57. The summed E-state index contributed by atoms with van der Waals surface area (Å²) in [6.07, 6.45) is 0.912. The standard InChI is InChI=1S/C23H23ClN2O5/c1-14-18(25-23(31-14)16-9-20-21(10-17(16)24)30-13-29-20)12-26-7-4-8-28-22-15(11-26)5-3-6-19(22)27-2/h3,5-6,9-10H,4,7-8,11-13H2,1-2H3. The zero-order valence-electron chi connectivity index (χ0n) is 17.4. The van der Waals surface area contributed by atoms with Crippen LogP contribution in [-0.4, -0.2) is 36.9 Å². The number of ether oxygens (including phenoxy) is 4. The molecule has 2 aliphatic rings. The van der Waals surface area contributed by atoms with Crippen LogP contribution in [0.2, 0.25) is 5.02 Å². The number of hydrogen-bond acceptors (Lipinski definition) is 7. The summed E-state index contributed by atoms with van der Waals surface area (Å²) >= 11 is 6.45. The first kappa shape index (κ1) is 20.0. The number of fused-ring (bicyclic) bond motifs is 2. The summed E-state index contributed by atoms with van der Waals surface area (Å²) in [6.45, 7) is 5.04. The summed E-state index contributed by atoms with van der Waals surface area (Å²) in [5.41, 5.74) is 2.67. The van der Waals surface area contributed by atoms with Gasteiger partial charge in [-0.05, 0) is 25.5 Å². The van der Waals surface area contributed by atoms with Gasteiger partial charge in [-0.15, -0.1) is 0 Å². The topological polar surface area (TPSA) is 66.2 Å². The third kappa shape index (κ3) is 3.91. The van der Waals surface area contributed by atoms with Crippen molar-refractivity contribution in [3.63, 3.8) is 0 Å². The highest BCUT2D eigenvalue weighted by Crippen LogP contribution is 2.41. The molecule has 0 atom stereocenters. The average molecular weight is 443 g/mol. The number of hydrogen-bond donors (Lipinski definition) is 0.